The monoisotopic (exact) mass is 250 g/mol. The van der Waals surface area contributed by atoms with E-state index in [1.54, 1.807) is 24.1 Å². The van der Waals surface area contributed by atoms with Crippen LogP contribution in [0.15, 0.2) is 12.1 Å². The van der Waals surface area contributed by atoms with Gasteiger partial charge in [-0.25, -0.2) is 0 Å². The normalized spacial score (nSPS) is 14.2. The minimum absolute atomic E-state index is 0.0732. The number of methoxy groups -OCH3 is 2. The number of carbonyl (C=O) groups is 1. The van der Waals surface area contributed by atoms with Crippen molar-refractivity contribution in [2.75, 3.05) is 27.0 Å². The Labute approximate surface area is 106 Å². The Morgan fingerprint density at radius 3 is 2.33 bits per heavy atom. The number of anilines is 1. The van der Waals surface area contributed by atoms with Gasteiger partial charge in [0.05, 0.1) is 19.8 Å². The first-order chi connectivity index (χ1) is 8.58. The van der Waals surface area contributed by atoms with Crippen molar-refractivity contribution in [2.24, 2.45) is 0 Å². The lowest BCUT2D eigenvalue weighted by molar-refractivity contribution is 0.0785. The first-order valence-electron chi connectivity index (χ1n) is 5.87. The number of hydrogen-bond acceptors (Lipinski definition) is 4. The number of hydrogen-bond donors (Lipinski definition) is 1. The van der Waals surface area contributed by atoms with E-state index >= 15 is 0 Å². The highest BCUT2D eigenvalue weighted by molar-refractivity contribution is 6.00. The predicted molar refractivity (Wildman–Crippen MR) is 69.1 cm³/mol. The Balaban J connectivity index is 2.34. The van der Waals surface area contributed by atoms with Crippen molar-refractivity contribution in [3.63, 3.8) is 0 Å². The molecule has 1 amide bonds. The molecule has 0 radical (unpaired) electrons. The number of nitrogen functional groups attached to an aromatic ring is 1. The van der Waals surface area contributed by atoms with Gasteiger partial charge in [-0.1, -0.05) is 0 Å². The topological polar surface area (TPSA) is 64.8 Å². The third kappa shape index (κ3) is 2.20. The molecule has 18 heavy (non-hydrogen) atoms. The van der Waals surface area contributed by atoms with Crippen LogP contribution in [0.1, 0.15) is 23.2 Å². The third-order valence-electron chi connectivity index (χ3n) is 3.20. The lowest BCUT2D eigenvalue weighted by Crippen LogP contribution is -2.29. The zero-order chi connectivity index (χ0) is 13.3. The number of carbonyl (C=O) groups excluding carboxylic acids is 1. The second-order valence-corrected chi connectivity index (χ2v) is 4.44. The van der Waals surface area contributed by atoms with E-state index in [0.717, 1.165) is 12.8 Å². The summed E-state index contributed by atoms with van der Waals surface area (Å²) in [5, 5.41) is 0. The molecule has 0 saturated heterocycles. The van der Waals surface area contributed by atoms with Crippen LogP contribution in [0.5, 0.6) is 11.5 Å². The Bertz CT molecular complexity index is 470. The summed E-state index contributed by atoms with van der Waals surface area (Å²) in [6.07, 6.45) is 2.13. The van der Waals surface area contributed by atoms with Crippen LogP contribution in [0.2, 0.25) is 0 Å². The minimum Gasteiger partial charge on any atom is -0.493 e. The summed E-state index contributed by atoms with van der Waals surface area (Å²) in [6.45, 7) is 0. The number of amides is 1. The zero-order valence-corrected chi connectivity index (χ0v) is 10.9. The van der Waals surface area contributed by atoms with Crippen LogP contribution in [0.3, 0.4) is 0 Å². The molecule has 0 unspecified atom stereocenters. The van der Waals surface area contributed by atoms with Gasteiger partial charge >= 0.3 is 0 Å². The molecule has 5 nitrogen and oxygen atoms in total. The van der Waals surface area contributed by atoms with E-state index < -0.39 is 0 Å². The third-order valence-corrected chi connectivity index (χ3v) is 3.20. The molecule has 0 aliphatic heterocycles. The maximum atomic E-state index is 12.3. The fraction of sp³-hybridized carbons (Fsp3) is 0.462. The standard InChI is InChI=1S/C13H18N2O3/c1-15(8-4-5-8)13(16)9-6-11(17-2)12(18-3)7-10(9)14/h6-8H,4-5,14H2,1-3H3. The van der Waals surface area contributed by atoms with Crippen LogP contribution >= 0.6 is 0 Å². The molecule has 1 saturated carbocycles. The average molecular weight is 250 g/mol. The molecule has 2 N–H and O–H groups in total. The van der Waals surface area contributed by atoms with Crippen LogP contribution in [0, 0.1) is 0 Å². The molecule has 98 valence electrons. The SMILES string of the molecule is COc1cc(N)c(C(=O)N(C)C2CC2)cc1OC. The van der Waals surface area contributed by atoms with Gasteiger partial charge < -0.3 is 20.1 Å². The Morgan fingerprint density at radius 2 is 1.83 bits per heavy atom. The number of benzene rings is 1. The molecule has 2 rings (SSSR count). The number of nitrogens with two attached hydrogens (primary N) is 1. The fourth-order valence-electron chi connectivity index (χ4n) is 1.90. The zero-order valence-electron chi connectivity index (χ0n) is 10.9. The van der Waals surface area contributed by atoms with Crippen LogP contribution in [-0.2, 0) is 0 Å². The molecule has 0 aromatic heterocycles. The fourth-order valence-corrected chi connectivity index (χ4v) is 1.90. The van der Waals surface area contributed by atoms with E-state index in [-0.39, 0.29) is 5.91 Å². The highest BCUT2D eigenvalue weighted by Crippen LogP contribution is 2.34. The van der Waals surface area contributed by atoms with Crippen LogP contribution in [0.25, 0.3) is 0 Å². The van der Waals surface area contributed by atoms with Crippen molar-refractivity contribution in [1.29, 1.82) is 0 Å². The Kier molecular flexibility index (Phi) is 3.32. The molecule has 0 atom stereocenters. The number of rotatable bonds is 4. The van der Waals surface area contributed by atoms with E-state index in [0.29, 0.717) is 28.8 Å². The first-order valence-corrected chi connectivity index (χ1v) is 5.87. The summed E-state index contributed by atoms with van der Waals surface area (Å²) in [5.74, 6) is 0.968. The van der Waals surface area contributed by atoms with Crippen molar-refractivity contribution in [3.8, 4) is 11.5 Å². The Morgan fingerprint density at radius 1 is 1.28 bits per heavy atom. The van der Waals surface area contributed by atoms with Crippen molar-refractivity contribution in [3.05, 3.63) is 17.7 Å². The molecule has 1 aliphatic carbocycles. The smallest absolute Gasteiger partial charge is 0.256 e. The van der Waals surface area contributed by atoms with Crippen LogP contribution < -0.4 is 15.2 Å². The molecule has 0 bridgehead atoms. The maximum Gasteiger partial charge on any atom is 0.256 e. The number of ether oxygens (including phenoxy) is 2. The van der Waals surface area contributed by atoms with Gasteiger partial charge in [0.2, 0.25) is 0 Å². The van der Waals surface area contributed by atoms with Gasteiger partial charge in [0, 0.05) is 24.8 Å². The predicted octanol–water partition coefficient (Wildman–Crippen LogP) is 1.52. The average Bonchev–Trinajstić information content (AvgIpc) is 3.20. The first kappa shape index (κ1) is 12.5. The summed E-state index contributed by atoms with van der Waals surface area (Å²) < 4.78 is 10.3. The summed E-state index contributed by atoms with van der Waals surface area (Å²) in [5.41, 5.74) is 6.76. The highest BCUT2D eigenvalue weighted by atomic mass is 16.5. The molecule has 0 spiro atoms. The second kappa shape index (κ2) is 4.76. The van der Waals surface area contributed by atoms with E-state index in [1.807, 2.05) is 0 Å². The van der Waals surface area contributed by atoms with Gasteiger partial charge in [0.25, 0.3) is 5.91 Å². The van der Waals surface area contributed by atoms with Gasteiger partial charge in [-0.3, -0.25) is 4.79 Å². The van der Waals surface area contributed by atoms with Gasteiger partial charge in [0.15, 0.2) is 11.5 Å². The Hall–Kier alpha value is -1.91. The van der Waals surface area contributed by atoms with Crippen molar-refractivity contribution >= 4 is 11.6 Å². The van der Waals surface area contributed by atoms with Crippen molar-refractivity contribution in [1.82, 2.24) is 4.90 Å². The van der Waals surface area contributed by atoms with E-state index in [4.69, 9.17) is 15.2 Å². The maximum absolute atomic E-state index is 12.3. The van der Waals surface area contributed by atoms with Crippen molar-refractivity contribution < 1.29 is 14.3 Å². The van der Waals surface area contributed by atoms with Crippen LogP contribution in [-0.4, -0.2) is 38.1 Å². The minimum atomic E-state index is -0.0732. The van der Waals surface area contributed by atoms with Crippen LogP contribution in [0.4, 0.5) is 5.69 Å². The molecule has 1 aromatic rings. The quantitative estimate of drug-likeness (QED) is 0.823. The van der Waals surface area contributed by atoms with Gasteiger partial charge in [-0.2, -0.15) is 0 Å². The van der Waals surface area contributed by atoms with Gasteiger partial charge in [-0.15, -0.1) is 0 Å². The van der Waals surface area contributed by atoms with E-state index in [9.17, 15) is 4.79 Å². The molecule has 0 heterocycles. The molecular weight excluding hydrogens is 232 g/mol. The van der Waals surface area contributed by atoms with E-state index in [1.165, 1.54) is 14.2 Å². The second-order valence-electron chi connectivity index (χ2n) is 4.44. The highest BCUT2D eigenvalue weighted by Gasteiger charge is 2.31. The molecule has 1 aliphatic rings. The largest absolute Gasteiger partial charge is 0.493 e. The summed E-state index contributed by atoms with van der Waals surface area (Å²) >= 11 is 0. The summed E-state index contributed by atoms with van der Waals surface area (Å²) in [4.78, 5) is 14.0. The number of nitrogens with zero attached hydrogens (tertiary/aromatic N) is 1. The molecule has 1 fully saturated rings. The van der Waals surface area contributed by atoms with Gasteiger partial charge in [-0.05, 0) is 18.9 Å². The summed E-state index contributed by atoms with van der Waals surface area (Å²) in [7, 11) is 4.87. The lowest BCUT2D eigenvalue weighted by atomic mass is 10.1. The molecular formula is C13H18N2O3. The summed E-state index contributed by atoms with van der Waals surface area (Å²) in [6, 6.07) is 3.60. The molecule has 1 aromatic carbocycles. The van der Waals surface area contributed by atoms with Gasteiger partial charge in [0.1, 0.15) is 0 Å². The van der Waals surface area contributed by atoms with Crippen molar-refractivity contribution in [2.45, 2.75) is 18.9 Å². The molecule has 5 heteroatoms. The lowest BCUT2D eigenvalue weighted by Gasteiger charge is -2.18. The van der Waals surface area contributed by atoms with E-state index in [2.05, 4.69) is 0 Å².